The van der Waals surface area contributed by atoms with Crippen molar-refractivity contribution in [2.75, 3.05) is 26.4 Å². The molecule has 2 aromatic carbocycles. The lowest BCUT2D eigenvalue weighted by Gasteiger charge is -2.36. The third-order valence-electron chi connectivity index (χ3n) is 14.7. The van der Waals surface area contributed by atoms with Crippen molar-refractivity contribution >= 4 is 46.6 Å². The Morgan fingerprint density at radius 1 is 0.446 bits per heavy atom. The van der Waals surface area contributed by atoms with Gasteiger partial charge in [-0.05, 0) is 177 Å². The maximum absolute atomic E-state index is 13.6. The second-order valence-electron chi connectivity index (χ2n) is 18.9. The summed E-state index contributed by atoms with van der Waals surface area (Å²) in [6.07, 6.45) is 19.1. The standard InChI is InChI=1S/C53H70O12/c1-4-48(54)60-30-6-8-32-62-50(56)40-19-11-36(12-20-40)38-15-23-42(24-16-38)52(58)64-46-28-29-47(45-34-35(3)10-27-44(45)46)65-53(59)43-25-17-39(18-26-43)37-13-21-41(22-14-37)51(57)63-33-9-7-31-61-49(55)5-2/h4-5,10,27-29,34,36-43H,1-2,6-9,11-26,30-33H2,3H3. The smallest absolute Gasteiger partial charge is 0.330 e. The first-order chi connectivity index (χ1) is 31.5. The molecule has 0 N–H and O–H groups in total. The Labute approximate surface area is 384 Å². The first-order valence-corrected chi connectivity index (χ1v) is 24.4. The number of aryl methyl sites for hydroxylation is 1. The highest BCUT2D eigenvalue weighted by Crippen LogP contribution is 2.44. The van der Waals surface area contributed by atoms with E-state index in [1.54, 1.807) is 12.1 Å². The SMILES string of the molecule is C=CC(=O)OCCCCOC(=O)C1CCC(C2CCC(C(=O)Oc3ccc(OC(=O)C4CCC(C5CCC(C(=O)OCCCCOC(=O)C=C)CC5)CC4)c4cc(C)ccc34)CC2)CC1. The van der Waals surface area contributed by atoms with Crippen LogP contribution in [0.2, 0.25) is 0 Å². The highest BCUT2D eigenvalue weighted by Gasteiger charge is 2.37. The molecule has 4 fully saturated rings. The molecule has 4 aliphatic carbocycles. The summed E-state index contributed by atoms with van der Waals surface area (Å²) in [5.74, 6) is 1.02. The molecule has 4 aliphatic rings. The van der Waals surface area contributed by atoms with Crippen LogP contribution in [-0.2, 0) is 47.7 Å². The quantitative estimate of drug-likeness (QED) is 0.0408. The second kappa shape index (κ2) is 25.1. The molecule has 0 bridgehead atoms. The number of hydrogen-bond donors (Lipinski definition) is 0. The maximum atomic E-state index is 13.6. The van der Waals surface area contributed by atoms with Crippen molar-refractivity contribution in [3.8, 4) is 11.5 Å². The zero-order valence-corrected chi connectivity index (χ0v) is 38.4. The lowest BCUT2D eigenvalue weighted by Crippen LogP contribution is -2.31. The third kappa shape index (κ3) is 14.5. The zero-order chi connectivity index (χ0) is 46.1. The van der Waals surface area contributed by atoms with Gasteiger partial charge in [0.25, 0.3) is 0 Å². The van der Waals surface area contributed by atoms with Gasteiger partial charge in [0.1, 0.15) is 11.5 Å². The Morgan fingerprint density at radius 2 is 0.769 bits per heavy atom. The van der Waals surface area contributed by atoms with Gasteiger partial charge < -0.3 is 28.4 Å². The van der Waals surface area contributed by atoms with E-state index in [-0.39, 0.29) is 60.8 Å². The number of fused-ring (bicyclic) bond motifs is 1. The number of carbonyl (C=O) groups is 6. The fraction of sp³-hybridized carbons (Fsp3) is 0.623. The summed E-state index contributed by atoms with van der Waals surface area (Å²) in [5.41, 5.74) is 1.01. The fourth-order valence-corrected chi connectivity index (χ4v) is 10.7. The predicted molar refractivity (Wildman–Crippen MR) is 244 cm³/mol. The summed E-state index contributed by atoms with van der Waals surface area (Å²) >= 11 is 0. The van der Waals surface area contributed by atoms with Crippen molar-refractivity contribution in [1.82, 2.24) is 0 Å². The average Bonchev–Trinajstić information content (AvgIpc) is 3.34. The van der Waals surface area contributed by atoms with Gasteiger partial charge in [0.05, 0.1) is 50.1 Å². The summed E-state index contributed by atoms with van der Waals surface area (Å²) in [7, 11) is 0. The maximum Gasteiger partial charge on any atom is 0.330 e. The second-order valence-corrected chi connectivity index (χ2v) is 18.9. The van der Waals surface area contributed by atoms with Crippen molar-refractivity contribution in [1.29, 1.82) is 0 Å². The molecule has 0 radical (unpaired) electrons. The molecule has 0 aromatic heterocycles. The van der Waals surface area contributed by atoms with Gasteiger partial charge in [-0.25, -0.2) is 9.59 Å². The van der Waals surface area contributed by atoms with E-state index in [4.69, 9.17) is 28.4 Å². The van der Waals surface area contributed by atoms with Crippen molar-refractivity contribution < 1.29 is 57.2 Å². The number of hydrogen-bond acceptors (Lipinski definition) is 12. The molecule has 0 unspecified atom stereocenters. The van der Waals surface area contributed by atoms with Crippen LogP contribution >= 0.6 is 0 Å². The van der Waals surface area contributed by atoms with Crippen LogP contribution in [0.3, 0.4) is 0 Å². The number of carbonyl (C=O) groups excluding carboxylic acids is 6. The Kier molecular flexibility index (Phi) is 19.1. The van der Waals surface area contributed by atoms with E-state index in [1.165, 1.54) is 0 Å². The molecule has 0 atom stereocenters. The molecule has 12 heteroatoms. The molecular weight excluding hydrogens is 829 g/mol. The van der Waals surface area contributed by atoms with Gasteiger partial charge in [-0.15, -0.1) is 0 Å². The number of unbranched alkanes of at least 4 members (excludes halogenated alkanes) is 2. The van der Waals surface area contributed by atoms with Crippen molar-refractivity contribution in [2.45, 2.75) is 135 Å². The third-order valence-corrected chi connectivity index (χ3v) is 14.7. The van der Waals surface area contributed by atoms with Crippen LogP contribution in [0.25, 0.3) is 10.8 Å². The van der Waals surface area contributed by atoms with Crippen molar-refractivity contribution in [3.05, 3.63) is 61.2 Å². The molecule has 0 heterocycles. The molecule has 354 valence electrons. The lowest BCUT2D eigenvalue weighted by molar-refractivity contribution is -0.151. The van der Waals surface area contributed by atoms with Gasteiger partial charge in [0.15, 0.2) is 0 Å². The van der Waals surface area contributed by atoms with E-state index in [2.05, 4.69) is 13.2 Å². The number of rotatable bonds is 20. The van der Waals surface area contributed by atoms with Gasteiger partial charge in [-0.2, -0.15) is 0 Å². The van der Waals surface area contributed by atoms with E-state index >= 15 is 0 Å². The highest BCUT2D eigenvalue weighted by molar-refractivity contribution is 5.97. The first kappa shape index (κ1) is 49.4. The number of benzene rings is 2. The summed E-state index contributed by atoms with van der Waals surface area (Å²) in [4.78, 5) is 74.9. The van der Waals surface area contributed by atoms with Crippen LogP contribution in [-0.4, -0.2) is 62.2 Å². The average molecular weight is 899 g/mol. The predicted octanol–water partition coefficient (Wildman–Crippen LogP) is 10.3. The number of ether oxygens (including phenoxy) is 6. The Hall–Kier alpha value is -5.00. The largest absolute Gasteiger partial charge is 0.465 e. The molecule has 0 amide bonds. The molecule has 0 aliphatic heterocycles. The van der Waals surface area contributed by atoms with Crippen LogP contribution in [0.4, 0.5) is 0 Å². The van der Waals surface area contributed by atoms with E-state index in [1.807, 2.05) is 25.1 Å². The van der Waals surface area contributed by atoms with Crippen LogP contribution in [0.1, 0.15) is 134 Å². The summed E-state index contributed by atoms with van der Waals surface area (Å²) in [6.45, 7) is 9.97. The minimum Gasteiger partial charge on any atom is -0.465 e. The molecule has 0 saturated heterocycles. The molecule has 12 nitrogen and oxygen atoms in total. The van der Waals surface area contributed by atoms with E-state index in [9.17, 15) is 28.8 Å². The fourth-order valence-electron chi connectivity index (χ4n) is 10.7. The molecule has 6 rings (SSSR count). The van der Waals surface area contributed by atoms with Crippen molar-refractivity contribution in [2.24, 2.45) is 47.3 Å². The van der Waals surface area contributed by atoms with Gasteiger partial charge >= 0.3 is 35.8 Å². The normalized spacial score (nSPS) is 25.6. The monoisotopic (exact) mass is 898 g/mol. The molecule has 4 saturated carbocycles. The molecular formula is C53H70O12. The summed E-state index contributed by atoms with van der Waals surface area (Å²) in [6, 6.07) is 9.40. The number of esters is 6. The van der Waals surface area contributed by atoms with Gasteiger partial charge in [-0.1, -0.05) is 30.9 Å². The van der Waals surface area contributed by atoms with Crippen LogP contribution in [0.5, 0.6) is 11.5 Å². The minimum atomic E-state index is -0.447. The van der Waals surface area contributed by atoms with Gasteiger partial charge in [0, 0.05) is 22.9 Å². The van der Waals surface area contributed by atoms with E-state index in [0.717, 1.165) is 131 Å². The molecule has 2 aromatic rings. The van der Waals surface area contributed by atoms with E-state index < -0.39 is 11.9 Å². The Balaban J connectivity index is 0.895. The van der Waals surface area contributed by atoms with Crippen LogP contribution in [0.15, 0.2) is 55.6 Å². The van der Waals surface area contributed by atoms with E-state index in [0.29, 0.717) is 74.1 Å². The van der Waals surface area contributed by atoms with Crippen LogP contribution in [0, 0.1) is 54.3 Å². The van der Waals surface area contributed by atoms with Gasteiger partial charge in [-0.3, -0.25) is 19.2 Å². The van der Waals surface area contributed by atoms with Crippen molar-refractivity contribution in [3.63, 3.8) is 0 Å². The summed E-state index contributed by atoms with van der Waals surface area (Å²) in [5, 5.41) is 1.48. The minimum absolute atomic E-state index is 0.0682. The highest BCUT2D eigenvalue weighted by atomic mass is 16.6. The van der Waals surface area contributed by atoms with Gasteiger partial charge in [0.2, 0.25) is 0 Å². The Bertz CT molecular complexity index is 1960. The Morgan fingerprint density at radius 3 is 1.12 bits per heavy atom. The summed E-state index contributed by atoms with van der Waals surface area (Å²) < 4.78 is 33.2. The zero-order valence-electron chi connectivity index (χ0n) is 38.4. The first-order valence-electron chi connectivity index (χ1n) is 24.4. The van der Waals surface area contributed by atoms with Crippen LogP contribution < -0.4 is 9.47 Å². The topological polar surface area (TPSA) is 158 Å². The molecule has 65 heavy (non-hydrogen) atoms. The molecule has 0 spiro atoms. The lowest BCUT2D eigenvalue weighted by atomic mass is 9.69.